The van der Waals surface area contributed by atoms with Crippen LogP contribution in [0.25, 0.3) is 0 Å². The lowest BCUT2D eigenvalue weighted by molar-refractivity contribution is -0.120. The van der Waals surface area contributed by atoms with Gasteiger partial charge in [-0.2, -0.15) is 0 Å². The van der Waals surface area contributed by atoms with E-state index in [4.69, 9.17) is 0 Å². The summed E-state index contributed by atoms with van der Waals surface area (Å²) in [6.07, 6.45) is 4.58. The Morgan fingerprint density at radius 2 is 2.07 bits per heavy atom. The quantitative estimate of drug-likeness (QED) is 0.757. The van der Waals surface area contributed by atoms with E-state index in [1.807, 2.05) is 6.08 Å². The molecule has 1 unspecified atom stereocenters. The Morgan fingerprint density at radius 1 is 1.33 bits per heavy atom. The van der Waals surface area contributed by atoms with Crippen LogP contribution in [0.4, 0.5) is 4.39 Å². The molecule has 1 atom stereocenters. The van der Waals surface area contributed by atoms with Gasteiger partial charge in [0.15, 0.2) is 5.78 Å². The number of hydrogen-bond donors (Lipinski definition) is 1. The van der Waals surface area contributed by atoms with Crippen LogP contribution >= 0.6 is 0 Å². The fraction of sp³-hybridized carbons (Fsp3) is 0.750. The van der Waals surface area contributed by atoms with E-state index in [1.165, 1.54) is 0 Å². The number of halogens is 1. The number of hydrogen-bond acceptors (Lipinski definition) is 2. The minimum absolute atomic E-state index is 0.189. The van der Waals surface area contributed by atoms with E-state index in [0.717, 1.165) is 31.5 Å². The molecule has 0 amide bonds. The molecule has 0 aromatic rings. The molecule has 1 saturated heterocycles. The Hall–Kier alpha value is -0.700. The third-order valence-corrected chi connectivity index (χ3v) is 3.37. The molecule has 1 aliphatic heterocycles. The summed E-state index contributed by atoms with van der Waals surface area (Å²) in [6, 6.07) is 0. The number of allylic oxidation sites excluding steroid dienone is 2. The van der Waals surface area contributed by atoms with Crippen LogP contribution in [0.5, 0.6) is 0 Å². The van der Waals surface area contributed by atoms with E-state index >= 15 is 0 Å². The van der Waals surface area contributed by atoms with Crippen LogP contribution in [-0.4, -0.2) is 25.0 Å². The molecule has 2 rings (SSSR count). The van der Waals surface area contributed by atoms with E-state index in [0.29, 0.717) is 19.3 Å². The molecule has 0 bridgehead atoms. The summed E-state index contributed by atoms with van der Waals surface area (Å²) in [6.45, 7) is 1.88. The molecule has 1 heterocycles. The molecular formula is C12H18FNO. The maximum absolute atomic E-state index is 12.9. The molecule has 15 heavy (non-hydrogen) atoms. The summed E-state index contributed by atoms with van der Waals surface area (Å²) >= 11 is 0. The Kier molecular flexibility index (Phi) is 3.52. The second-order valence-electron chi connectivity index (χ2n) is 4.49. The van der Waals surface area contributed by atoms with Crippen LogP contribution in [0, 0.1) is 5.92 Å². The molecular weight excluding hydrogens is 193 g/mol. The standard InChI is InChI=1S/C12H18FNO/c13-11-3-1-9(2-4-11)12(15)10-5-7-14-8-6-10/h1,10-11,14H,2-8H2. The molecule has 0 spiro atoms. The zero-order chi connectivity index (χ0) is 10.7. The van der Waals surface area contributed by atoms with Gasteiger partial charge in [0, 0.05) is 5.92 Å². The molecule has 1 aliphatic carbocycles. The first-order valence-electron chi connectivity index (χ1n) is 5.85. The second kappa shape index (κ2) is 4.88. The van der Waals surface area contributed by atoms with Crippen molar-refractivity contribution in [3.63, 3.8) is 0 Å². The molecule has 1 N–H and O–H groups in total. The highest BCUT2D eigenvalue weighted by Crippen LogP contribution is 2.26. The third kappa shape index (κ3) is 2.65. The van der Waals surface area contributed by atoms with Crippen LogP contribution < -0.4 is 5.32 Å². The van der Waals surface area contributed by atoms with Gasteiger partial charge in [-0.05, 0) is 50.8 Å². The van der Waals surface area contributed by atoms with Crippen molar-refractivity contribution in [1.82, 2.24) is 5.32 Å². The molecule has 2 aliphatic rings. The van der Waals surface area contributed by atoms with E-state index in [2.05, 4.69) is 5.32 Å². The molecule has 0 saturated carbocycles. The van der Waals surface area contributed by atoms with Gasteiger partial charge < -0.3 is 5.32 Å². The maximum atomic E-state index is 12.9. The van der Waals surface area contributed by atoms with Crippen molar-refractivity contribution in [2.45, 2.75) is 38.3 Å². The Morgan fingerprint density at radius 3 is 2.67 bits per heavy atom. The summed E-state index contributed by atoms with van der Waals surface area (Å²) in [7, 11) is 0. The minimum atomic E-state index is -0.727. The van der Waals surface area contributed by atoms with Crippen LogP contribution in [0.2, 0.25) is 0 Å². The fourth-order valence-corrected chi connectivity index (χ4v) is 2.37. The lowest BCUT2D eigenvalue weighted by atomic mass is 9.85. The Labute approximate surface area is 89.9 Å². The van der Waals surface area contributed by atoms with Crippen molar-refractivity contribution in [2.24, 2.45) is 5.92 Å². The molecule has 0 radical (unpaired) electrons. The van der Waals surface area contributed by atoms with E-state index in [9.17, 15) is 9.18 Å². The van der Waals surface area contributed by atoms with E-state index in [1.54, 1.807) is 0 Å². The number of piperidine rings is 1. The van der Waals surface area contributed by atoms with Crippen LogP contribution in [0.1, 0.15) is 32.1 Å². The zero-order valence-electron chi connectivity index (χ0n) is 8.97. The van der Waals surface area contributed by atoms with Crippen molar-refractivity contribution in [1.29, 1.82) is 0 Å². The van der Waals surface area contributed by atoms with Gasteiger partial charge in [-0.1, -0.05) is 6.08 Å². The lowest BCUT2D eigenvalue weighted by Crippen LogP contribution is -2.32. The van der Waals surface area contributed by atoms with Gasteiger partial charge in [0.2, 0.25) is 0 Å². The van der Waals surface area contributed by atoms with Crippen molar-refractivity contribution in [3.8, 4) is 0 Å². The van der Waals surface area contributed by atoms with Crippen molar-refractivity contribution in [3.05, 3.63) is 11.6 Å². The van der Waals surface area contributed by atoms with Crippen LogP contribution in [0.15, 0.2) is 11.6 Å². The number of alkyl halides is 1. The summed E-state index contributed by atoms with van der Waals surface area (Å²) in [4.78, 5) is 12.0. The van der Waals surface area contributed by atoms with Gasteiger partial charge in [-0.25, -0.2) is 4.39 Å². The normalized spacial score (nSPS) is 28.6. The lowest BCUT2D eigenvalue weighted by Gasteiger charge is -2.24. The summed E-state index contributed by atoms with van der Waals surface area (Å²) in [5.41, 5.74) is 0.885. The zero-order valence-corrected chi connectivity index (χ0v) is 8.97. The fourth-order valence-electron chi connectivity index (χ4n) is 2.37. The average molecular weight is 211 g/mol. The number of rotatable bonds is 2. The molecule has 1 fully saturated rings. The van der Waals surface area contributed by atoms with Crippen LogP contribution in [0.3, 0.4) is 0 Å². The van der Waals surface area contributed by atoms with Crippen molar-refractivity contribution >= 4 is 5.78 Å². The number of ketones is 1. The first-order valence-corrected chi connectivity index (χ1v) is 5.85. The van der Waals surface area contributed by atoms with Gasteiger partial charge in [-0.3, -0.25) is 4.79 Å². The molecule has 0 aromatic carbocycles. The second-order valence-corrected chi connectivity index (χ2v) is 4.49. The summed E-state index contributed by atoms with van der Waals surface area (Å²) in [5.74, 6) is 0.470. The number of nitrogens with one attached hydrogen (secondary N) is 1. The Bertz CT molecular complexity index is 269. The highest BCUT2D eigenvalue weighted by atomic mass is 19.1. The van der Waals surface area contributed by atoms with Crippen LogP contribution in [-0.2, 0) is 4.79 Å². The smallest absolute Gasteiger partial charge is 0.161 e. The molecule has 3 heteroatoms. The van der Waals surface area contributed by atoms with Gasteiger partial charge in [0.05, 0.1) is 0 Å². The SMILES string of the molecule is O=C(C1=CCC(F)CC1)C1CCNCC1. The third-order valence-electron chi connectivity index (χ3n) is 3.37. The van der Waals surface area contributed by atoms with Gasteiger partial charge >= 0.3 is 0 Å². The average Bonchev–Trinajstić information content (AvgIpc) is 2.30. The predicted octanol–water partition coefficient (Wildman–Crippen LogP) is 2.00. The number of carbonyl (C=O) groups is 1. The summed E-state index contributed by atoms with van der Waals surface area (Å²) < 4.78 is 12.9. The topological polar surface area (TPSA) is 29.1 Å². The van der Waals surface area contributed by atoms with E-state index < -0.39 is 6.17 Å². The molecule has 84 valence electrons. The van der Waals surface area contributed by atoms with Crippen molar-refractivity contribution < 1.29 is 9.18 Å². The van der Waals surface area contributed by atoms with Gasteiger partial charge in [0.1, 0.15) is 6.17 Å². The molecule has 0 aromatic heterocycles. The largest absolute Gasteiger partial charge is 0.317 e. The highest BCUT2D eigenvalue weighted by Gasteiger charge is 2.25. The van der Waals surface area contributed by atoms with E-state index in [-0.39, 0.29) is 11.7 Å². The maximum Gasteiger partial charge on any atom is 0.161 e. The number of Topliss-reactive ketones (excluding diaryl/α,β-unsaturated/α-hetero) is 1. The van der Waals surface area contributed by atoms with Gasteiger partial charge in [-0.15, -0.1) is 0 Å². The van der Waals surface area contributed by atoms with Gasteiger partial charge in [0.25, 0.3) is 0 Å². The first-order chi connectivity index (χ1) is 7.27. The predicted molar refractivity (Wildman–Crippen MR) is 57.4 cm³/mol. The minimum Gasteiger partial charge on any atom is -0.317 e. The molecule has 2 nitrogen and oxygen atoms in total. The first kappa shape index (κ1) is 10.8. The van der Waals surface area contributed by atoms with Crippen molar-refractivity contribution in [2.75, 3.05) is 13.1 Å². The monoisotopic (exact) mass is 211 g/mol. The number of carbonyl (C=O) groups excluding carboxylic acids is 1. The summed E-state index contributed by atoms with van der Waals surface area (Å²) in [5, 5.41) is 3.25. The highest BCUT2D eigenvalue weighted by molar-refractivity contribution is 5.97. The Balaban J connectivity index is 1.95.